The number of thiophene rings is 1. The molecule has 1 atom stereocenters. The topological polar surface area (TPSA) is 64.2 Å². The molecule has 0 aliphatic rings. The van der Waals surface area contributed by atoms with E-state index in [-0.39, 0.29) is 17.4 Å². The van der Waals surface area contributed by atoms with Crippen molar-refractivity contribution in [2.45, 2.75) is 13.0 Å². The summed E-state index contributed by atoms with van der Waals surface area (Å²) in [5.41, 5.74) is 1.68. The molecule has 0 saturated heterocycles. The van der Waals surface area contributed by atoms with Gasteiger partial charge in [0.05, 0.1) is 39.0 Å². The Labute approximate surface area is 203 Å². The normalized spacial score (nSPS) is 11.7. The number of hydrogen-bond donors (Lipinski definition) is 1. The maximum atomic E-state index is 13.1. The third-order valence-electron chi connectivity index (χ3n) is 4.61. The van der Waals surface area contributed by atoms with E-state index >= 15 is 0 Å². The van der Waals surface area contributed by atoms with Crippen LogP contribution in [0.15, 0.2) is 54.7 Å². The smallest absolute Gasteiger partial charge is 0.261 e. The number of carbonyl (C=O) groups is 1. The van der Waals surface area contributed by atoms with Gasteiger partial charge in [-0.3, -0.25) is 9.78 Å². The number of benzene rings is 1. The summed E-state index contributed by atoms with van der Waals surface area (Å²) < 4.78 is 2.02. The van der Waals surface area contributed by atoms with Gasteiger partial charge in [-0.15, -0.1) is 11.3 Å². The van der Waals surface area contributed by atoms with E-state index in [1.54, 1.807) is 42.6 Å². The molecular weight excluding hydrogens is 489 g/mol. The van der Waals surface area contributed by atoms with Crippen LogP contribution in [0.2, 0.25) is 14.4 Å². The van der Waals surface area contributed by atoms with E-state index in [2.05, 4.69) is 20.2 Å². The van der Waals surface area contributed by atoms with Crippen LogP contribution >= 0.6 is 46.1 Å². The van der Waals surface area contributed by atoms with Crippen LogP contribution in [0, 0.1) is 6.57 Å². The van der Waals surface area contributed by atoms with Crippen LogP contribution in [0.25, 0.3) is 21.1 Å². The summed E-state index contributed by atoms with van der Waals surface area (Å²) in [5.74, 6) is -0.498. The van der Waals surface area contributed by atoms with Gasteiger partial charge in [0.15, 0.2) is 5.69 Å². The van der Waals surface area contributed by atoms with E-state index < -0.39 is 5.91 Å². The fraction of sp³-hybridized carbons (Fsp3) is 0.0909. The SMILES string of the molecule is [C-]#[N+]c1c(C(=O)N[C@H](C)c2ccccn2)nn(-c2ccc(Cl)cc2Cl)c1-c1ccc(Cl)s1. The highest BCUT2D eigenvalue weighted by atomic mass is 35.5. The highest BCUT2D eigenvalue weighted by Crippen LogP contribution is 2.41. The second kappa shape index (κ2) is 9.31. The summed E-state index contributed by atoms with van der Waals surface area (Å²) in [6, 6.07) is 13.5. The molecule has 0 fully saturated rings. The Morgan fingerprint density at radius 1 is 1.19 bits per heavy atom. The molecular formula is C22H14Cl3N5OS. The van der Waals surface area contributed by atoms with Crippen LogP contribution in [-0.4, -0.2) is 20.7 Å². The first-order valence-corrected chi connectivity index (χ1v) is 11.3. The molecule has 4 rings (SSSR count). The van der Waals surface area contributed by atoms with Crippen LogP contribution in [0.1, 0.15) is 29.1 Å². The lowest BCUT2D eigenvalue weighted by Gasteiger charge is -2.12. The molecule has 0 aliphatic carbocycles. The minimum atomic E-state index is -0.498. The second-order valence-electron chi connectivity index (χ2n) is 6.72. The number of rotatable bonds is 5. The average molecular weight is 503 g/mol. The molecule has 0 aliphatic heterocycles. The van der Waals surface area contributed by atoms with Crippen LogP contribution in [0.3, 0.4) is 0 Å². The van der Waals surface area contributed by atoms with Crippen molar-refractivity contribution in [3.63, 3.8) is 0 Å². The van der Waals surface area contributed by atoms with Gasteiger partial charge in [-0.05, 0) is 49.4 Å². The van der Waals surface area contributed by atoms with Crippen LogP contribution in [0.5, 0.6) is 0 Å². The first-order valence-electron chi connectivity index (χ1n) is 9.32. The Kier molecular flexibility index (Phi) is 6.49. The molecule has 1 N–H and O–H groups in total. The summed E-state index contributed by atoms with van der Waals surface area (Å²) >= 11 is 19.9. The van der Waals surface area contributed by atoms with Gasteiger partial charge >= 0.3 is 0 Å². The zero-order valence-corrected chi connectivity index (χ0v) is 19.6. The molecule has 0 saturated carbocycles. The monoisotopic (exact) mass is 501 g/mol. The first kappa shape index (κ1) is 22.3. The molecule has 1 amide bonds. The van der Waals surface area contributed by atoms with Crippen LogP contribution < -0.4 is 5.32 Å². The minimum Gasteiger partial charge on any atom is -0.344 e. The minimum absolute atomic E-state index is 0.0201. The maximum absolute atomic E-state index is 13.1. The molecule has 0 spiro atoms. The largest absolute Gasteiger partial charge is 0.344 e. The average Bonchev–Trinajstić information content (AvgIpc) is 3.37. The molecule has 160 valence electrons. The highest BCUT2D eigenvalue weighted by Gasteiger charge is 2.28. The molecule has 0 bridgehead atoms. The first-order chi connectivity index (χ1) is 15.4. The summed E-state index contributed by atoms with van der Waals surface area (Å²) in [5, 5.41) is 8.13. The van der Waals surface area contributed by atoms with Crippen LogP contribution in [0.4, 0.5) is 5.69 Å². The van der Waals surface area contributed by atoms with Crippen molar-refractivity contribution in [3.05, 3.63) is 91.9 Å². The Balaban J connectivity index is 1.84. The van der Waals surface area contributed by atoms with Gasteiger partial charge in [-0.25, -0.2) is 9.53 Å². The number of nitrogens with one attached hydrogen (secondary N) is 1. The molecule has 3 aromatic heterocycles. The van der Waals surface area contributed by atoms with Gasteiger partial charge in [0.2, 0.25) is 5.69 Å². The van der Waals surface area contributed by atoms with E-state index in [1.165, 1.54) is 16.0 Å². The van der Waals surface area contributed by atoms with Gasteiger partial charge in [-0.2, -0.15) is 5.10 Å². The molecule has 4 aromatic rings. The lowest BCUT2D eigenvalue weighted by atomic mass is 10.2. The van der Waals surface area contributed by atoms with Gasteiger partial charge in [0.25, 0.3) is 5.91 Å². The third-order valence-corrected chi connectivity index (χ3v) is 6.39. The molecule has 6 nitrogen and oxygen atoms in total. The Morgan fingerprint density at radius 2 is 2.00 bits per heavy atom. The number of hydrogen-bond acceptors (Lipinski definition) is 4. The molecule has 10 heteroatoms. The van der Waals surface area contributed by atoms with Crippen molar-refractivity contribution in [2.24, 2.45) is 0 Å². The van der Waals surface area contributed by atoms with E-state index in [0.717, 1.165) is 0 Å². The van der Waals surface area contributed by atoms with Crippen molar-refractivity contribution in [1.82, 2.24) is 20.1 Å². The number of pyridine rings is 1. The van der Waals surface area contributed by atoms with Gasteiger partial charge in [0.1, 0.15) is 0 Å². The van der Waals surface area contributed by atoms with Crippen LogP contribution in [-0.2, 0) is 0 Å². The second-order valence-corrected chi connectivity index (χ2v) is 9.28. The van der Waals surface area contributed by atoms with E-state index in [9.17, 15) is 4.79 Å². The lowest BCUT2D eigenvalue weighted by molar-refractivity contribution is 0.0934. The molecule has 0 radical (unpaired) electrons. The zero-order valence-electron chi connectivity index (χ0n) is 16.5. The Morgan fingerprint density at radius 3 is 2.62 bits per heavy atom. The summed E-state index contributed by atoms with van der Waals surface area (Å²) in [7, 11) is 0. The van der Waals surface area contributed by atoms with Crippen molar-refractivity contribution in [3.8, 4) is 16.3 Å². The van der Waals surface area contributed by atoms with Crippen molar-refractivity contribution < 1.29 is 4.79 Å². The maximum Gasteiger partial charge on any atom is 0.261 e. The summed E-state index contributed by atoms with van der Waals surface area (Å²) in [6.45, 7) is 9.59. The van der Waals surface area contributed by atoms with Gasteiger partial charge in [0, 0.05) is 16.1 Å². The third kappa shape index (κ3) is 4.36. The molecule has 1 aromatic carbocycles. The summed E-state index contributed by atoms with van der Waals surface area (Å²) in [6.07, 6.45) is 1.65. The Hall–Kier alpha value is -2.89. The number of carbonyl (C=O) groups excluding carboxylic acids is 1. The van der Waals surface area contributed by atoms with E-state index in [0.29, 0.717) is 36.3 Å². The summed E-state index contributed by atoms with van der Waals surface area (Å²) in [4.78, 5) is 21.7. The van der Waals surface area contributed by atoms with E-state index in [1.807, 2.05) is 19.1 Å². The highest BCUT2D eigenvalue weighted by molar-refractivity contribution is 7.19. The standard InChI is InChI=1S/C22H14Cl3N5OS/c1-12(15-5-3-4-10-27-15)28-22(31)20-19(26-2)21(17-8-9-18(25)32-17)30(29-20)16-7-6-13(23)11-14(16)24/h3-12H,1H3,(H,28,31)/t12-/m1/s1. The van der Waals surface area contributed by atoms with Crippen molar-refractivity contribution in [1.29, 1.82) is 0 Å². The number of amides is 1. The predicted octanol–water partition coefficient (Wildman–Crippen LogP) is 7.00. The van der Waals surface area contributed by atoms with Crippen molar-refractivity contribution in [2.75, 3.05) is 0 Å². The fourth-order valence-corrected chi connectivity index (χ4v) is 4.69. The zero-order chi connectivity index (χ0) is 22.8. The number of nitrogens with zero attached hydrogens (tertiary/aromatic N) is 4. The van der Waals surface area contributed by atoms with Gasteiger partial charge < -0.3 is 5.32 Å². The quantitative estimate of drug-likeness (QED) is 0.299. The fourth-order valence-electron chi connectivity index (χ4n) is 3.13. The van der Waals surface area contributed by atoms with Gasteiger partial charge in [-0.1, -0.05) is 40.9 Å². The molecule has 3 heterocycles. The lowest BCUT2D eigenvalue weighted by Crippen LogP contribution is -2.27. The Bertz CT molecular complexity index is 1340. The molecule has 32 heavy (non-hydrogen) atoms. The van der Waals surface area contributed by atoms with Crippen molar-refractivity contribution >= 4 is 57.7 Å². The number of halogens is 3. The van der Waals surface area contributed by atoms with E-state index in [4.69, 9.17) is 41.4 Å². The predicted molar refractivity (Wildman–Crippen MR) is 128 cm³/mol. The number of aromatic nitrogens is 3. The molecule has 0 unspecified atom stereocenters.